The third-order valence-corrected chi connectivity index (χ3v) is 2.85. The van der Waals surface area contributed by atoms with E-state index in [0.29, 0.717) is 5.56 Å². The van der Waals surface area contributed by atoms with Crippen LogP contribution < -0.4 is 0 Å². The molecular formula is C13H9BrN2. The number of aromatic nitrogens is 1. The maximum Gasteiger partial charge on any atom is 0.101 e. The van der Waals surface area contributed by atoms with Gasteiger partial charge in [0.25, 0.3) is 0 Å². The Kier molecular flexibility index (Phi) is 3.02. The van der Waals surface area contributed by atoms with Crippen LogP contribution in [0.4, 0.5) is 0 Å². The summed E-state index contributed by atoms with van der Waals surface area (Å²) < 4.78 is 1.03. The predicted molar refractivity (Wildman–Crippen MR) is 66.8 cm³/mol. The SMILES string of the molecule is Cc1cc(-c2ccc(Br)cc2)c(C#N)cn1. The van der Waals surface area contributed by atoms with E-state index >= 15 is 0 Å². The van der Waals surface area contributed by atoms with Gasteiger partial charge in [-0.2, -0.15) is 5.26 Å². The van der Waals surface area contributed by atoms with Crippen molar-refractivity contribution in [1.29, 1.82) is 5.26 Å². The molecule has 0 atom stereocenters. The van der Waals surface area contributed by atoms with Crippen LogP contribution in [0.3, 0.4) is 0 Å². The second-order valence-corrected chi connectivity index (χ2v) is 4.41. The average Bonchev–Trinajstić information content (AvgIpc) is 2.30. The molecule has 1 heterocycles. The number of pyridine rings is 1. The number of nitriles is 1. The van der Waals surface area contributed by atoms with Crippen molar-refractivity contribution in [2.75, 3.05) is 0 Å². The molecule has 0 saturated carbocycles. The van der Waals surface area contributed by atoms with Gasteiger partial charge in [-0.25, -0.2) is 0 Å². The molecule has 0 aliphatic carbocycles. The highest BCUT2D eigenvalue weighted by Gasteiger charge is 2.05. The fourth-order valence-electron chi connectivity index (χ4n) is 1.52. The minimum atomic E-state index is 0.605. The molecular weight excluding hydrogens is 264 g/mol. The van der Waals surface area contributed by atoms with Gasteiger partial charge < -0.3 is 0 Å². The zero-order valence-electron chi connectivity index (χ0n) is 8.74. The topological polar surface area (TPSA) is 36.7 Å². The predicted octanol–water partition coefficient (Wildman–Crippen LogP) is 3.69. The second-order valence-electron chi connectivity index (χ2n) is 3.49. The van der Waals surface area contributed by atoms with Crippen LogP contribution in [0.1, 0.15) is 11.3 Å². The molecule has 0 radical (unpaired) electrons. The molecule has 0 aliphatic heterocycles. The van der Waals surface area contributed by atoms with Gasteiger partial charge in [0.1, 0.15) is 6.07 Å². The summed E-state index contributed by atoms with van der Waals surface area (Å²) in [5, 5.41) is 9.03. The number of hydrogen-bond donors (Lipinski definition) is 0. The smallest absolute Gasteiger partial charge is 0.101 e. The molecule has 3 heteroatoms. The normalized spacial score (nSPS) is 9.81. The highest BCUT2D eigenvalue weighted by molar-refractivity contribution is 9.10. The van der Waals surface area contributed by atoms with Gasteiger partial charge in [-0.1, -0.05) is 28.1 Å². The van der Waals surface area contributed by atoms with E-state index in [1.165, 1.54) is 0 Å². The lowest BCUT2D eigenvalue weighted by atomic mass is 10.0. The Bertz CT molecular complexity index is 553. The molecule has 16 heavy (non-hydrogen) atoms. The molecule has 0 amide bonds. The lowest BCUT2D eigenvalue weighted by Gasteiger charge is -2.05. The minimum absolute atomic E-state index is 0.605. The van der Waals surface area contributed by atoms with Crippen LogP contribution in [-0.4, -0.2) is 4.98 Å². The lowest BCUT2D eigenvalue weighted by molar-refractivity contribution is 1.19. The van der Waals surface area contributed by atoms with Gasteiger partial charge in [0.15, 0.2) is 0 Å². The Morgan fingerprint density at radius 1 is 1.25 bits per heavy atom. The van der Waals surface area contributed by atoms with E-state index in [9.17, 15) is 0 Å². The maximum atomic E-state index is 9.03. The van der Waals surface area contributed by atoms with Crippen molar-refractivity contribution in [2.24, 2.45) is 0 Å². The zero-order valence-corrected chi connectivity index (χ0v) is 10.3. The zero-order chi connectivity index (χ0) is 11.5. The van der Waals surface area contributed by atoms with Crippen LogP contribution in [0.5, 0.6) is 0 Å². The molecule has 2 nitrogen and oxygen atoms in total. The van der Waals surface area contributed by atoms with Gasteiger partial charge in [0.05, 0.1) is 5.56 Å². The molecule has 0 saturated heterocycles. The standard InChI is InChI=1S/C13H9BrN2/c1-9-6-13(11(7-15)8-16-9)10-2-4-12(14)5-3-10/h2-6,8H,1H3. The molecule has 0 spiro atoms. The third kappa shape index (κ3) is 2.12. The van der Waals surface area contributed by atoms with E-state index in [1.807, 2.05) is 37.3 Å². The van der Waals surface area contributed by atoms with Gasteiger partial charge in [0.2, 0.25) is 0 Å². The fourth-order valence-corrected chi connectivity index (χ4v) is 1.78. The van der Waals surface area contributed by atoms with Crippen molar-refractivity contribution in [2.45, 2.75) is 6.92 Å². The van der Waals surface area contributed by atoms with Crippen LogP contribution >= 0.6 is 15.9 Å². The molecule has 2 rings (SSSR count). The van der Waals surface area contributed by atoms with Gasteiger partial charge >= 0.3 is 0 Å². The Balaban J connectivity index is 2.59. The first-order valence-corrected chi connectivity index (χ1v) is 5.62. The van der Waals surface area contributed by atoms with Gasteiger partial charge in [0, 0.05) is 21.9 Å². The first-order valence-electron chi connectivity index (χ1n) is 4.83. The van der Waals surface area contributed by atoms with E-state index in [-0.39, 0.29) is 0 Å². The summed E-state index contributed by atoms with van der Waals surface area (Å²) in [5.74, 6) is 0. The number of benzene rings is 1. The summed E-state index contributed by atoms with van der Waals surface area (Å²) in [5.41, 5.74) is 3.48. The van der Waals surface area contributed by atoms with Crippen molar-refractivity contribution >= 4 is 15.9 Å². The summed E-state index contributed by atoms with van der Waals surface area (Å²) >= 11 is 3.39. The van der Waals surface area contributed by atoms with E-state index in [1.54, 1.807) is 6.20 Å². The molecule has 1 aromatic carbocycles. The maximum absolute atomic E-state index is 9.03. The first kappa shape index (κ1) is 10.8. The molecule has 2 aromatic rings. The van der Waals surface area contributed by atoms with Crippen molar-refractivity contribution in [1.82, 2.24) is 4.98 Å². The summed E-state index contributed by atoms with van der Waals surface area (Å²) in [7, 11) is 0. The van der Waals surface area contributed by atoms with E-state index in [0.717, 1.165) is 21.3 Å². The van der Waals surface area contributed by atoms with Crippen molar-refractivity contribution < 1.29 is 0 Å². The number of halogens is 1. The highest BCUT2D eigenvalue weighted by atomic mass is 79.9. The van der Waals surface area contributed by atoms with Gasteiger partial charge in [-0.15, -0.1) is 0 Å². The monoisotopic (exact) mass is 272 g/mol. The van der Waals surface area contributed by atoms with Crippen LogP contribution in [0.15, 0.2) is 41.0 Å². The number of aryl methyl sites for hydroxylation is 1. The second kappa shape index (κ2) is 4.46. The van der Waals surface area contributed by atoms with Crippen molar-refractivity contribution in [3.8, 4) is 17.2 Å². The Labute approximate surface area is 103 Å². The van der Waals surface area contributed by atoms with Crippen LogP contribution in [0.25, 0.3) is 11.1 Å². The van der Waals surface area contributed by atoms with Crippen LogP contribution in [0.2, 0.25) is 0 Å². The first-order chi connectivity index (χ1) is 7.70. The van der Waals surface area contributed by atoms with E-state index < -0.39 is 0 Å². The average molecular weight is 273 g/mol. The Morgan fingerprint density at radius 2 is 1.94 bits per heavy atom. The minimum Gasteiger partial charge on any atom is -0.260 e. The highest BCUT2D eigenvalue weighted by Crippen LogP contribution is 2.25. The van der Waals surface area contributed by atoms with Gasteiger partial charge in [-0.3, -0.25) is 4.98 Å². The third-order valence-electron chi connectivity index (χ3n) is 2.32. The summed E-state index contributed by atoms with van der Waals surface area (Å²) in [6.07, 6.45) is 1.62. The van der Waals surface area contributed by atoms with Crippen LogP contribution in [0, 0.1) is 18.3 Å². The molecule has 0 N–H and O–H groups in total. The summed E-state index contributed by atoms with van der Waals surface area (Å²) in [4.78, 5) is 4.12. The number of nitrogens with zero attached hydrogens (tertiary/aromatic N) is 2. The lowest BCUT2D eigenvalue weighted by Crippen LogP contribution is -1.89. The summed E-state index contributed by atoms with van der Waals surface area (Å²) in [6.45, 7) is 1.92. The van der Waals surface area contributed by atoms with Crippen molar-refractivity contribution in [3.05, 3.63) is 52.3 Å². The fraction of sp³-hybridized carbons (Fsp3) is 0.0769. The molecule has 0 fully saturated rings. The quantitative estimate of drug-likeness (QED) is 0.794. The molecule has 1 aromatic heterocycles. The molecule has 0 unspecified atom stereocenters. The number of hydrogen-bond acceptors (Lipinski definition) is 2. The van der Waals surface area contributed by atoms with Crippen molar-refractivity contribution in [3.63, 3.8) is 0 Å². The Morgan fingerprint density at radius 3 is 2.56 bits per heavy atom. The largest absolute Gasteiger partial charge is 0.260 e. The summed E-state index contributed by atoms with van der Waals surface area (Å²) in [6, 6.07) is 12.0. The van der Waals surface area contributed by atoms with E-state index in [4.69, 9.17) is 5.26 Å². The molecule has 0 aliphatic rings. The Hall–Kier alpha value is -1.66. The van der Waals surface area contributed by atoms with Gasteiger partial charge in [-0.05, 0) is 30.7 Å². The molecule has 0 bridgehead atoms. The number of rotatable bonds is 1. The van der Waals surface area contributed by atoms with Crippen LogP contribution in [-0.2, 0) is 0 Å². The molecule has 78 valence electrons. The van der Waals surface area contributed by atoms with E-state index in [2.05, 4.69) is 27.0 Å².